The number of anilines is 3. The summed E-state index contributed by atoms with van der Waals surface area (Å²) < 4.78 is 0. The lowest BCUT2D eigenvalue weighted by atomic mass is 9.81. The van der Waals surface area contributed by atoms with Gasteiger partial charge in [0, 0.05) is 22.2 Å². The molecule has 1 heteroatoms. The number of nitrogens with zero attached hydrogens (tertiary/aromatic N) is 1. The van der Waals surface area contributed by atoms with Crippen LogP contribution in [0.4, 0.5) is 17.1 Å². The van der Waals surface area contributed by atoms with Crippen LogP contribution in [0, 0.1) is 6.92 Å². The summed E-state index contributed by atoms with van der Waals surface area (Å²) in [5, 5.41) is 5.02. The van der Waals surface area contributed by atoms with Crippen LogP contribution < -0.4 is 4.90 Å². The van der Waals surface area contributed by atoms with Crippen molar-refractivity contribution in [1.82, 2.24) is 0 Å². The van der Waals surface area contributed by atoms with Crippen molar-refractivity contribution in [2.75, 3.05) is 4.90 Å². The molecule has 262 valence electrons. The highest BCUT2D eigenvalue weighted by molar-refractivity contribution is 6.14. The maximum atomic E-state index is 2.45. The smallest absolute Gasteiger partial charge is 0.0546 e. The van der Waals surface area contributed by atoms with Crippen molar-refractivity contribution in [2.45, 2.75) is 26.2 Å². The Hall–Kier alpha value is -6.70. The normalized spacial score (nSPS) is 12.8. The lowest BCUT2D eigenvalue weighted by molar-refractivity contribution is 0.660. The minimum Gasteiger partial charge on any atom is -0.310 e. The summed E-state index contributed by atoms with van der Waals surface area (Å²) in [6.07, 6.45) is 0. The zero-order valence-corrected chi connectivity index (χ0v) is 31.4. The Bertz CT molecular complexity index is 2860. The molecule has 0 aromatic heterocycles. The fourth-order valence-electron chi connectivity index (χ4n) is 8.73. The van der Waals surface area contributed by atoms with Crippen LogP contribution in [-0.2, 0) is 5.41 Å². The second-order valence-electron chi connectivity index (χ2n) is 15.5. The van der Waals surface area contributed by atoms with E-state index in [1.165, 1.54) is 88.4 Å². The van der Waals surface area contributed by atoms with Gasteiger partial charge in [-0.2, -0.15) is 0 Å². The minimum absolute atomic E-state index is 0.179. The third kappa shape index (κ3) is 5.63. The standard InChI is InChI=1S/C54H41N/c1-36-17-28-44(29-18-36)55(53-34-43-13-7-8-14-46(43)47-15-9-10-16-50(47)53)45-30-32-49-48-31-27-42(33-51(48)54(2,3)52(49)35-45)41-25-23-40(24-26-41)39-21-19-38(20-22-39)37-11-5-4-6-12-37/h4-35H,1-3H3. The molecule has 0 bridgehead atoms. The summed E-state index contributed by atoms with van der Waals surface area (Å²) >= 11 is 0. The van der Waals surface area contributed by atoms with Gasteiger partial charge < -0.3 is 4.90 Å². The van der Waals surface area contributed by atoms with Gasteiger partial charge in [0.05, 0.1) is 5.69 Å². The predicted octanol–water partition coefficient (Wildman–Crippen LogP) is 15.1. The zero-order chi connectivity index (χ0) is 37.1. The highest BCUT2D eigenvalue weighted by Gasteiger charge is 2.36. The summed E-state index contributed by atoms with van der Waals surface area (Å²) in [5.74, 6) is 0. The van der Waals surface area contributed by atoms with Crippen molar-refractivity contribution >= 4 is 38.6 Å². The molecule has 9 aromatic rings. The van der Waals surface area contributed by atoms with E-state index in [0.717, 1.165) is 11.4 Å². The highest BCUT2D eigenvalue weighted by atomic mass is 15.1. The summed E-state index contributed by atoms with van der Waals surface area (Å²) in [6, 6.07) is 71.5. The molecule has 0 amide bonds. The number of rotatable bonds is 6. The van der Waals surface area contributed by atoms with Crippen molar-refractivity contribution in [3.8, 4) is 44.5 Å². The predicted molar refractivity (Wildman–Crippen MR) is 235 cm³/mol. The van der Waals surface area contributed by atoms with Gasteiger partial charge in [-0.15, -0.1) is 0 Å². The van der Waals surface area contributed by atoms with Crippen molar-refractivity contribution < 1.29 is 0 Å². The van der Waals surface area contributed by atoms with Crippen LogP contribution in [0.5, 0.6) is 0 Å². The van der Waals surface area contributed by atoms with Crippen LogP contribution in [0.3, 0.4) is 0 Å². The fraction of sp³-hybridized carbons (Fsp3) is 0.0741. The second-order valence-corrected chi connectivity index (χ2v) is 15.5. The van der Waals surface area contributed by atoms with Crippen LogP contribution in [0.25, 0.3) is 66.1 Å². The first-order valence-corrected chi connectivity index (χ1v) is 19.3. The van der Waals surface area contributed by atoms with Gasteiger partial charge >= 0.3 is 0 Å². The van der Waals surface area contributed by atoms with Gasteiger partial charge in [0.1, 0.15) is 0 Å². The molecule has 0 saturated heterocycles. The largest absolute Gasteiger partial charge is 0.310 e. The Labute approximate surface area is 323 Å². The Morgan fingerprint density at radius 2 is 0.836 bits per heavy atom. The molecular weight excluding hydrogens is 663 g/mol. The Morgan fingerprint density at radius 1 is 0.364 bits per heavy atom. The molecule has 1 aliphatic carbocycles. The van der Waals surface area contributed by atoms with Crippen LogP contribution >= 0.6 is 0 Å². The van der Waals surface area contributed by atoms with E-state index >= 15 is 0 Å². The summed E-state index contributed by atoms with van der Waals surface area (Å²) in [6.45, 7) is 6.92. The molecule has 1 aliphatic rings. The van der Waals surface area contributed by atoms with E-state index in [0.29, 0.717) is 0 Å². The summed E-state index contributed by atoms with van der Waals surface area (Å²) in [7, 11) is 0. The lowest BCUT2D eigenvalue weighted by Crippen LogP contribution is -2.17. The summed E-state index contributed by atoms with van der Waals surface area (Å²) in [4.78, 5) is 2.45. The lowest BCUT2D eigenvalue weighted by Gasteiger charge is -2.29. The Balaban J connectivity index is 1.02. The van der Waals surface area contributed by atoms with Gasteiger partial charge in [-0.3, -0.25) is 0 Å². The SMILES string of the molecule is Cc1ccc(N(c2ccc3c(c2)C(C)(C)c2cc(-c4ccc(-c5ccc(-c6ccccc6)cc5)cc4)ccc2-3)c2cc3ccccc3c3ccccc23)cc1. The molecule has 0 aliphatic heterocycles. The van der Waals surface area contributed by atoms with Gasteiger partial charge in [-0.1, -0.05) is 177 Å². The third-order valence-corrected chi connectivity index (χ3v) is 11.7. The Kier molecular flexibility index (Phi) is 7.78. The minimum atomic E-state index is -0.179. The maximum Gasteiger partial charge on any atom is 0.0546 e. The first kappa shape index (κ1) is 32.9. The van der Waals surface area contributed by atoms with Gasteiger partial charge in [0.2, 0.25) is 0 Å². The molecule has 1 nitrogen and oxygen atoms in total. The van der Waals surface area contributed by atoms with E-state index in [1.807, 2.05) is 0 Å². The first-order chi connectivity index (χ1) is 26.9. The molecule has 0 N–H and O–H groups in total. The molecule has 0 heterocycles. The quantitative estimate of drug-likeness (QED) is 0.156. The summed E-state index contributed by atoms with van der Waals surface area (Å²) in [5.41, 5.74) is 17.3. The van der Waals surface area contributed by atoms with Crippen LogP contribution in [-0.4, -0.2) is 0 Å². The molecule has 0 saturated carbocycles. The maximum absolute atomic E-state index is 2.45. The van der Waals surface area contributed by atoms with E-state index in [-0.39, 0.29) is 5.41 Å². The highest BCUT2D eigenvalue weighted by Crippen LogP contribution is 2.52. The van der Waals surface area contributed by atoms with E-state index in [2.05, 4.69) is 220 Å². The monoisotopic (exact) mass is 703 g/mol. The molecule has 0 spiro atoms. The van der Waals surface area contributed by atoms with Crippen molar-refractivity contribution in [1.29, 1.82) is 0 Å². The molecule has 0 atom stereocenters. The first-order valence-electron chi connectivity index (χ1n) is 19.3. The second kappa shape index (κ2) is 13.0. The average Bonchev–Trinajstić information content (AvgIpc) is 3.47. The van der Waals surface area contributed by atoms with Crippen LogP contribution in [0.1, 0.15) is 30.5 Å². The molecular formula is C54H41N. The van der Waals surface area contributed by atoms with Gasteiger partial charge in [-0.25, -0.2) is 0 Å². The molecule has 0 radical (unpaired) electrons. The number of benzene rings is 9. The van der Waals surface area contributed by atoms with E-state index in [9.17, 15) is 0 Å². The van der Waals surface area contributed by atoms with Crippen molar-refractivity contribution in [3.05, 3.63) is 211 Å². The van der Waals surface area contributed by atoms with E-state index < -0.39 is 0 Å². The van der Waals surface area contributed by atoms with Crippen molar-refractivity contribution in [2.24, 2.45) is 0 Å². The molecule has 55 heavy (non-hydrogen) atoms. The van der Waals surface area contributed by atoms with Crippen molar-refractivity contribution in [3.63, 3.8) is 0 Å². The average molecular weight is 704 g/mol. The van der Waals surface area contributed by atoms with Gasteiger partial charge in [0.25, 0.3) is 0 Å². The topological polar surface area (TPSA) is 3.24 Å². The van der Waals surface area contributed by atoms with Crippen LogP contribution in [0.15, 0.2) is 194 Å². The number of aryl methyl sites for hydroxylation is 1. The third-order valence-electron chi connectivity index (χ3n) is 11.7. The molecule has 9 aromatic carbocycles. The zero-order valence-electron chi connectivity index (χ0n) is 31.4. The van der Waals surface area contributed by atoms with Crippen LogP contribution in [0.2, 0.25) is 0 Å². The molecule has 0 fully saturated rings. The Morgan fingerprint density at radius 3 is 1.49 bits per heavy atom. The van der Waals surface area contributed by atoms with Gasteiger partial charge in [-0.05, 0) is 115 Å². The van der Waals surface area contributed by atoms with E-state index in [4.69, 9.17) is 0 Å². The fourth-order valence-corrected chi connectivity index (χ4v) is 8.73. The number of fused-ring (bicyclic) bond motifs is 6. The van der Waals surface area contributed by atoms with Gasteiger partial charge in [0.15, 0.2) is 0 Å². The molecule has 0 unspecified atom stereocenters. The number of hydrogen-bond donors (Lipinski definition) is 0. The van der Waals surface area contributed by atoms with E-state index in [1.54, 1.807) is 0 Å². The number of hydrogen-bond acceptors (Lipinski definition) is 1. The molecule has 10 rings (SSSR count).